The van der Waals surface area contributed by atoms with Crippen LogP contribution in [0, 0.1) is 6.92 Å². The molecule has 0 atom stereocenters. The Hall–Kier alpha value is -1.42. The highest BCUT2D eigenvalue weighted by Crippen LogP contribution is 2.14. The number of aryl methyl sites for hydroxylation is 1. The van der Waals surface area contributed by atoms with Crippen LogP contribution in [0.5, 0.6) is 0 Å². The first-order chi connectivity index (χ1) is 6.77. The first kappa shape index (κ1) is 9.15. The van der Waals surface area contributed by atoms with Gasteiger partial charge in [-0.05, 0) is 18.6 Å². The molecule has 0 unspecified atom stereocenters. The Kier molecular flexibility index (Phi) is 2.45. The summed E-state index contributed by atoms with van der Waals surface area (Å²) in [5.74, 6) is 0.114. The highest BCUT2D eigenvalue weighted by Gasteiger charge is 2.19. The summed E-state index contributed by atoms with van der Waals surface area (Å²) in [6.07, 6.45) is 3.52. The molecule has 74 valence electrons. The summed E-state index contributed by atoms with van der Waals surface area (Å²) < 4.78 is 0. The lowest BCUT2D eigenvalue weighted by Gasteiger charge is -2.27. The summed E-state index contributed by atoms with van der Waals surface area (Å²) in [7, 11) is 0. The Balaban J connectivity index is 2.24. The van der Waals surface area contributed by atoms with E-state index in [1.165, 1.54) is 0 Å². The molecule has 4 nitrogen and oxygen atoms in total. The maximum atomic E-state index is 11.5. The van der Waals surface area contributed by atoms with E-state index in [2.05, 4.69) is 10.3 Å². The molecule has 0 bridgehead atoms. The van der Waals surface area contributed by atoms with E-state index in [1.54, 1.807) is 17.3 Å². The average Bonchev–Trinajstić information content (AvgIpc) is 2.18. The van der Waals surface area contributed by atoms with Crippen LogP contribution in [0.15, 0.2) is 18.5 Å². The minimum Gasteiger partial charge on any atom is -0.309 e. The quantitative estimate of drug-likeness (QED) is 0.695. The molecule has 0 aromatic carbocycles. The van der Waals surface area contributed by atoms with Crippen molar-refractivity contribution in [3.8, 4) is 0 Å². The molecule has 1 amide bonds. The van der Waals surface area contributed by atoms with Gasteiger partial charge in [0.15, 0.2) is 0 Å². The molecule has 1 fully saturated rings. The number of amides is 1. The van der Waals surface area contributed by atoms with Crippen LogP contribution in [0.2, 0.25) is 0 Å². The van der Waals surface area contributed by atoms with Crippen molar-refractivity contribution in [1.82, 2.24) is 10.3 Å². The molecule has 2 heterocycles. The van der Waals surface area contributed by atoms with Crippen molar-refractivity contribution in [2.24, 2.45) is 0 Å². The van der Waals surface area contributed by atoms with Crippen molar-refractivity contribution >= 4 is 11.6 Å². The van der Waals surface area contributed by atoms with E-state index >= 15 is 0 Å². The van der Waals surface area contributed by atoms with Crippen LogP contribution < -0.4 is 10.2 Å². The number of carbonyl (C=O) groups excluding carboxylic acids is 1. The summed E-state index contributed by atoms with van der Waals surface area (Å²) in [5, 5.41) is 3.04. The lowest BCUT2D eigenvalue weighted by molar-refractivity contribution is -0.118. The van der Waals surface area contributed by atoms with E-state index in [1.807, 2.05) is 13.0 Å². The maximum Gasteiger partial charge on any atom is 0.241 e. The molecule has 0 saturated carbocycles. The number of rotatable bonds is 1. The number of hydrogen-bond acceptors (Lipinski definition) is 3. The van der Waals surface area contributed by atoms with Crippen LogP contribution in [-0.2, 0) is 4.79 Å². The summed E-state index contributed by atoms with van der Waals surface area (Å²) in [6.45, 7) is 3.97. The van der Waals surface area contributed by atoms with Crippen LogP contribution in [-0.4, -0.2) is 30.5 Å². The number of hydrogen-bond donors (Lipinski definition) is 1. The molecule has 1 aliphatic rings. The van der Waals surface area contributed by atoms with E-state index in [4.69, 9.17) is 0 Å². The molecule has 1 aromatic rings. The summed E-state index contributed by atoms with van der Waals surface area (Å²) in [4.78, 5) is 17.4. The van der Waals surface area contributed by atoms with Gasteiger partial charge in [-0.3, -0.25) is 9.78 Å². The SMILES string of the molecule is Cc1cncc(N2CCNCC2=O)c1. The van der Waals surface area contributed by atoms with Gasteiger partial charge in [0, 0.05) is 19.3 Å². The Labute approximate surface area is 82.9 Å². The number of aromatic nitrogens is 1. The first-order valence-corrected chi connectivity index (χ1v) is 4.70. The molecular formula is C10H13N3O. The second-order valence-corrected chi connectivity index (χ2v) is 3.44. The molecule has 1 N–H and O–H groups in total. The number of nitrogens with one attached hydrogen (secondary N) is 1. The van der Waals surface area contributed by atoms with Crippen LogP contribution in [0.4, 0.5) is 5.69 Å². The Bertz CT molecular complexity index is 351. The van der Waals surface area contributed by atoms with Gasteiger partial charge in [0.2, 0.25) is 5.91 Å². The standard InChI is InChI=1S/C10H13N3O/c1-8-4-9(6-12-5-8)13-3-2-11-7-10(13)14/h4-6,11H,2-3,7H2,1H3. The number of pyridine rings is 1. The van der Waals surface area contributed by atoms with Crippen molar-refractivity contribution in [1.29, 1.82) is 0 Å². The zero-order valence-corrected chi connectivity index (χ0v) is 8.16. The predicted octanol–water partition coefficient (Wildman–Crippen LogP) is 0.326. The van der Waals surface area contributed by atoms with E-state index < -0.39 is 0 Å². The topological polar surface area (TPSA) is 45.2 Å². The molecular weight excluding hydrogens is 178 g/mol. The number of carbonyl (C=O) groups is 1. The van der Waals surface area contributed by atoms with Crippen LogP contribution >= 0.6 is 0 Å². The van der Waals surface area contributed by atoms with E-state index in [0.29, 0.717) is 6.54 Å². The van der Waals surface area contributed by atoms with Gasteiger partial charge < -0.3 is 10.2 Å². The Morgan fingerprint density at radius 2 is 2.36 bits per heavy atom. The van der Waals surface area contributed by atoms with Crippen LogP contribution in [0.3, 0.4) is 0 Å². The van der Waals surface area contributed by atoms with Crippen LogP contribution in [0.25, 0.3) is 0 Å². The fourth-order valence-electron chi connectivity index (χ4n) is 1.57. The zero-order valence-electron chi connectivity index (χ0n) is 8.16. The Morgan fingerprint density at radius 3 is 3.07 bits per heavy atom. The first-order valence-electron chi connectivity index (χ1n) is 4.70. The fourth-order valence-corrected chi connectivity index (χ4v) is 1.57. The third-order valence-electron chi connectivity index (χ3n) is 2.26. The van der Waals surface area contributed by atoms with Gasteiger partial charge in [0.1, 0.15) is 0 Å². The monoisotopic (exact) mass is 191 g/mol. The van der Waals surface area contributed by atoms with Gasteiger partial charge in [-0.25, -0.2) is 0 Å². The summed E-state index contributed by atoms with van der Waals surface area (Å²) in [5.41, 5.74) is 1.98. The number of piperazine rings is 1. The molecule has 14 heavy (non-hydrogen) atoms. The highest BCUT2D eigenvalue weighted by atomic mass is 16.2. The van der Waals surface area contributed by atoms with Gasteiger partial charge in [-0.1, -0.05) is 0 Å². The molecule has 0 spiro atoms. The molecule has 0 aliphatic carbocycles. The lowest BCUT2D eigenvalue weighted by atomic mass is 10.2. The Morgan fingerprint density at radius 1 is 1.50 bits per heavy atom. The summed E-state index contributed by atoms with van der Waals surface area (Å²) in [6, 6.07) is 1.98. The fraction of sp³-hybridized carbons (Fsp3) is 0.400. The minimum atomic E-state index is 0.114. The smallest absolute Gasteiger partial charge is 0.241 e. The van der Waals surface area contributed by atoms with E-state index in [0.717, 1.165) is 24.3 Å². The van der Waals surface area contributed by atoms with Crippen molar-refractivity contribution in [2.75, 3.05) is 24.5 Å². The number of anilines is 1. The van der Waals surface area contributed by atoms with Crippen molar-refractivity contribution in [3.63, 3.8) is 0 Å². The molecule has 2 rings (SSSR count). The third-order valence-corrected chi connectivity index (χ3v) is 2.26. The third kappa shape index (κ3) is 1.75. The van der Waals surface area contributed by atoms with Crippen molar-refractivity contribution < 1.29 is 4.79 Å². The van der Waals surface area contributed by atoms with E-state index in [9.17, 15) is 4.79 Å². The largest absolute Gasteiger partial charge is 0.309 e. The van der Waals surface area contributed by atoms with Gasteiger partial charge in [0.05, 0.1) is 18.4 Å². The van der Waals surface area contributed by atoms with Crippen LogP contribution in [0.1, 0.15) is 5.56 Å². The lowest BCUT2D eigenvalue weighted by Crippen LogP contribution is -2.48. The number of nitrogens with zero attached hydrogens (tertiary/aromatic N) is 2. The molecule has 0 radical (unpaired) electrons. The van der Waals surface area contributed by atoms with Crippen molar-refractivity contribution in [2.45, 2.75) is 6.92 Å². The van der Waals surface area contributed by atoms with Gasteiger partial charge in [0.25, 0.3) is 0 Å². The second kappa shape index (κ2) is 3.75. The predicted molar refractivity (Wildman–Crippen MR) is 54.2 cm³/mol. The molecule has 4 heteroatoms. The zero-order chi connectivity index (χ0) is 9.97. The highest BCUT2D eigenvalue weighted by molar-refractivity contribution is 5.95. The van der Waals surface area contributed by atoms with Gasteiger partial charge in [-0.15, -0.1) is 0 Å². The normalized spacial score (nSPS) is 17.2. The molecule has 1 saturated heterocycles. The molecule has 1 aliphatic heterocycles. The average molecular weight is 191 g/mol. The molecule has 1 aromatic heterocycles. The van der Waals surface area contributed by atoms with Gasteiger partial charge >= 0.3 is 0 Å². The summed E-state index contributed by atoms with van der Waals surface area (Å²) >= 11 is 0. The van der Waals surface area contributed by atoms with Crippen molar-refractivity contribution in [3.05, 3.63) is 24.0 Å². The van der Waals surface area contributed by atoms with E-state index in [-0.39, 0.29) is 5.91 Å². The minimum absolute atomic E-state index is 0.114. The van der Waals surface area contributed by atoms with Gasteiger partial charge in [-0.2, -0.15) is 0 Å². The second-order valence-electron chi connectivity index (χ2n) is 3.44. The maximum absolute atomic E-state index is 11.5.